The van der Waals surface area contributed by atoms with Crippen LogP contribution in [-0.4, -0.2) is 57.6 Å². The number of imidazole rings is 1. The lowest BCUT2D eigenvalue weighted by molar-refractivity contribution is -0.0504. The topological polar surface area (TPSA) is 33.0 Å². The van der Waals surface area contributed by atoms with Crippen molar-refractivity contribution in [1.82, 2.24) is 19.2 Å². The lowest BCUT2D eigenvalue weighted by Gasteiger charge is -2.37. The maximum atomic E-state index is 6.09. The summed E-state index contributed by atoms with van der Waals surface area (Å²) in [4.78, 5) is 9.82. The molecule has 2 saturated heterocycles. The van der Waals surface area contributed by atoms with Crippen LogP contribution >= 0.6 is 0 Å². The van der Waals surface area contributed by atoms with Crippen LogP contribution in [0.15, 0.2) is 60.9 Å². The highest BCUT2D eigenvalue weighted by Gasteiger charge is 2.40. The van der Waals surface area contributed by atoms with E-state index in [9.17, 15) is 0 Å². The molecule has 0 aliphatic carbocycles. The SMILES string of the molecule is c1ccc(CN2CCO[C@H]3CN(Cc4cn5ccccc5n4)C[C@@H]32)cc1. The molecule has 2 atom stereocenters. The third kappa shape index (κ3) is 3.14. The molecule has 5 heteroatoms. The van der Waals surface area contributed by atoms with Gasteiger partial charge in [-0.15, -0.1) is 0 Å². The van der Waals surface area contributed by atoms with E-state index in [2.05, 4.69) is 63.0 Å². The van der Waals surface area contributed by atoms with Gasteiger partial charge in [0.05, 0.1) is 24.4 Å². The molecule has 0 amide bonds. The van der Waals surface area contributed by atoms with Gasteiger partial charge in [0.2, 0.25) is 0 Å². The summed E-state index contributed by atoms with van der Waals surface area (Å²) in [6.45, 7) is 5.77. The maximum absolute atomic E-state index is 6.09. The first-order valence-corrected chi connectivity index (χ1v) is 9.40. The summed E-state index contributed by atoms with van der Waals surface area (Å²) in [5.74, 6) is 0. The fraction of sp³-hybridized carbons (Fsp3) is 0.381. The minimum atomic E-state index is 0.310. The van der Waals surface area contributed by atoms with Crippen molar-refractivity contribution in [2.45, 2.75) is 25.2 Å². The van der Waals surface area contributed by atoms with Crippen LogP contribution in [0.3, 0.4) is 0 Å². The van der Waals surface area contributed by atoms with Crippen molar-refractivity contribution in [2.24, 2.45) is 0 Å². The van der Waals surface area contributed by atoms with E-state index in [0.29, 0.717) is 12.1 Å². The Hall–Kier alpha value is -2.21. The monoisotopic (exact) mass is 348 g/mol. The van der Waals surface area contributed by atoms with E-state index in [4.69, 9.17) is 9.72 Å². The number of nitrogens with zero attached hydrogens (tertiary/aromatic N) is 4. The molecule has 4 heterocycles. The van der Waals surface area contributed by atoms with Crippen molar-refractivity contribution < 1.29 is 4.74 Å². The Morgan fingerprint density at radius 2 is 1.88 bits per heavy atom. The normalized spacial score (nSPS) is 24.2. The van der Waals surface area contributed by atoms with Crippen molar-refractivity contribution in [3.05, 3.63) is 72.2 Å². The van der Waals surface area contributed by atoms with E-state index < -0.39 is 0 Å². The van der Waals surface area contributed by atoms with Crippen LogP contribution in [0.1, 0.15) is 11.3 Å². The molecule has 2 aliphatic heterocycles. The largest absolute Gasteiger partial charge is 0.374 e. The highest BCUT2D eigenvalue weighted by Crippen LogP contribution is 2.25. The molecule has 0 unspecified atom stereocenters. The summed E-state index contributed by atoms with van der Waals surface area (Å²) >= 11 is 0. The van der Waals surface area contributed by atoms with E-state index in [1.54, 1.807) is 0 Å². The first kappa shape index (κ1) is 16.0. The number of hydrogen-bond donors (Lipinski definition) is 0. The zero-order chi connectivity index (χ0) is 17.3. The van der Waals surface area contributed by atoms with E-state index in [1.165, 1.54) is 5.56 Å². The zero-order valence-corrected chi connectivity index (χ0v) is 14.9. The fourth-order valence-corrected chi connectivity index (χ4v) is 4.27. The molecule has 5 nitrogen and oxygen atoms in total. The van der Waals surface area contributed by atoms with Gasteiger partial charge in [-0.05, 0) is 17.7 Å². The standard InChI is InChI=1S/C21H24N4O/c1-2-6-17(7-3-1)12-24-10-11-26-20-16-23(15-19(20)24)13-18-14-25-9-5-4-8-21(25)22-18/h1-9,14,19-20H,10-13,15-16H2/t19-,20-/m0/s1. The Balaban J connectivity index is 1.28. The number of likely N-dealkylation sites (tertiary alicyclic amines) is 1. The highest BCUT2D eigenvalue weighted by molar-refractivity contribution is 5.39. The van der Waals surface area contributed by atoms with E-state index in [1.807, 2.05) is 12.1 Å². The lowest BCUT2D eigenvalue weighted by atomic mass is 10.1. The predicted octanol–water partition coefficient (Wildman–Crippen LogP) is 2.42. The van der Waals surface area contributed by atoms with E-state index >= 15 is 0 Å². The van der Waals surface area contributed by atoms with Gasteiger partial charge in [-0.25, -0.2) is 4.98 Å². The number of benzene rings is 1. The number of aromatic nitrogens is 2. The second-order valence-electron chi connectivity index (χ2n) is 7.33. The van der Waals surface area contributed by atoms with Crippen LogP contribution in [0.2, 0.25) is 0 Å². The van der Waals surface area contributed by atoms with Gasteiger partial charge in [-0.2, -0.15) is 0 Å². The average molecular weight is 348 g/mol. The van der Waals surface area contributed by atoms with Gasteiger partial charge >= 0.3 is 0 Å². The number of hydrogen-bond acceptors (Lipinski definition) is 4. The summed E-state index contributed by atoms with van der Waals surface area (Å²) in [7, 11) is 0. The second kappa shape index (κ2) is 6.83. The van der Waals surface area contributed by atoms with Gasteiger partial charge in [-0.3, -0.25) is 9.80 Å². The van der Waals surface area contributed by atoms with Crippen LogP contribution in [0, 0.1) is 0 Å². The first-order chi connectivity index (χ1) is 12.8. The molecule has 0 saturated carbocycles. The molecule has 134 valence electrons. The van der Waals surface area contributed by atoms with Crippen LogP contribution < -0.4 is 0 Å². The van der Waals surface area contributed by atoms with Crippen molar-refractivity contribution >= 4 is 5.65 Å². The average Bonchev–Trinajstić information content (AvgIpc) is 3.26. The number of fused-ring (bicyclic) bond motifs is 2. The minimum absolute atomic E-state index is 0.310. The summed E-state index contributed by atoms with van der Waals surface area (Å²) in [5.41, 5.74) is 3.53. The van der Waals surface area contributed by atoms with Crippen molar-refractivity contribution in [1.29, 1.82) is 0 Å². The third-order valence-electron chi connectivity index (χ3n) is 5.52. The van der Waals surface area contributed by atoms with E-state index in [0.717, 1.165) is 50.7 Å². The number of rotatable bonds is 4. The van der Waals surface area contributed by atoms with Crippen LogP contribution in [0.4, 0.5) is 0 Å². The molecule has 0 radical (unpaired) electrons. The maximum Gasteiger partial charge on any atom is 0.137 e. The van der Waals surface area contributed by atoms with E-state index in [-0.39, 0.29) is 0 Å². The molecule has 2 fully saturated rings. The molecule has 2 aromatic heterocycles. The lowest BCUT2D eigenvalue weighted by Crippen LogP contribution is -2.50. The predicted molar refractivity (Wildman–Crippen MR) is 101 cm³/mol. The van der Waals surface area contributed by atoms with Gasteiger partial charge in [0, 0.05) is 45.1 Å². The van der Waals surface area contributed by atoms with Crippen molar-refractivity contribution in [2.75, 3.05) is 26.2 Å². The molecule has 0 bridgehead atoms. The Kier molecular flexibility index (Phi) is 4.21. The molecule has 0 spiro atoms. The van der Waals surface area contributed by atoms with Gasteiger partial charge < -0.3 is 9.14 Å². The fourth-order valence-electron chi connectivity index (χ4n) is 4.27. The smallest absolute Gasteiger partial charge is 0.137 e. The number of ether oxygens (including phenoxy) is 1. The van der Waals surface area contributed by atoms with Gasteiger partial charge in [0.25, 0.3) is 0 Å². The zero-order valence-electron chi connectivity index (χ0n) is 14.9. The molecular weight excluding hydrogens is 324 g/mol. The molecular formula is C21H24N4O. The summed E-state index contributed by atoms with van der Waals surface area (Å²) in [6.07, 6.45) is 4.50. The van der Waals surface area contributed by atoms with Gasteiger partial charge in [-0.1, -0.05) is 36.4 Å². The summed E-state index contributed by atoms with van der Waals surface area (Å²) in [5, 5.41) is 0. The summed E-state index contributed by atoms with van der Waals surface area (Å²) in [6, 6.07) is 17.4. The molecule has 3 aromatic rings. The quantitative estimate of drug-likeness (QED) is 0.725. The summed E-state index contributed by atoms with van der Waals surface area (Å²) < 4.78 is 8.18. The van der Waals surface area contributed by atoms with Gasteiger partial charge in [0.1, 0.15) is 5.65 Å². The Morgan fingerprint density at radius 3 is 2.77 bits per heavy atom. The third-order valence-corrected chi connectivity index (χ3v) is 5.52. The van der Waals surface area contributed by atoms with Gasteiger partial charge in [0.15, 0.2) is 0 Å². The molecule has 5 rings (SSSR count). The molecule has 1 aromatic carbocycles. The molecule has 0 N–H and O–H groups in total. The molecule has 2 aliphatic rings. The second-order valence-corrected chi connectivity index (χ2v) is 7.33. The Labute approximate surface area is 153 Å². The van der Waals surface area contributed by atoms with Crippen LogP contribution in [0.25, 0.3) is 5.65 Å². The van der Waals surface area contributed by atoms with Crippen molar-refractivity contribution in [3.63, 3.8) is 0 Å². The highest BCUT2D eigenvalue weighted by atomic mass is 16.5. The number of morpholine rings is 1. The Morgan fingerprint density at radius 1 is 1.00 bits per heavy atom. The van der Waals surface area contributed by atoms with Crippen LogP contribution in [0.5, 0.6) is 0 Å². The van der Waals surface area contributed by atoms with Crippen molar-refractivity contribution in [3.8, 4) is 0 Å². The Bertz CT molecular complexity index is 845. The minimum Gasteiger partial charge on any atom is -0.374 e. The molecule has 26 heavy (non-hydrogen) atoms. The van der Waals surface area contributed by atoms with Crippen LogP contribution in [-0.2, 0) is 17.8 Å². The first-order valence-electron chi connectivity index (χ1n) is 9.40. The number of pyridine rings is 1.